The average Bonchev–Trinajstić information content (AvgIpc) is 2.43. The number of nitrogens with two attached hydrogens (primary N) is 1. The lowest BCUT2D eigenvalue weighted by atomic mass is 10.1. The van der Waals surface area contributed by atoms with Crippen molar-refractivity contribution in [3.63, 3.8) is 0 Å². The molecule has 0 saturated heterocycles. The van der Waals surface area contributed by atoms with E-state index in [0.29, 0.717) is 23.3 Å². The number of nitrogen functional groups attached to an aromatic ring is 1. The predicted octanol–water partition coefficient (Wildman–Crippen LogP) is 2.16. The summed E-state index contributed by atoms with van der Waals surface area (Å²) in [6.45, 7) is 10.6. The Morgan fingerprint density at radius 1 is 1.24 bits per heavy atom. The topological polar surface area (TPSA) is 70.4 Å². The van der Waals surface area contributed by atoms with Crippen LogP contribution in [-0.4, -0.2) is 43.0 Å². The summed E-state index contributed by atoms with van der Waals surface area (Å²) in [6.07, 6.45) is 0. The van der Waals surface area contributed by atoms with Crippen LogP contribution < -0.4 is 16.4 Å². The van der Waals surface area contributed by atoms with Crippen LogP contribution in [0.15, 0.2) is 18.2 Å². The fourth-order valence-corrected chi connectivity index (χ4v) is 2.44. The normalized spacial score (nSPS) is 11.2. The lowest BCUT2D eigenvalue weighted by molar-refractivity contribution is 0.0963. The molecule has 0 bridgehead atoms. The molecule has 1 aromatic rings. The zero-order valence-electron chi connectivity index (χ0n) is 13.7. The SMILES string of the molecule is CNC(=O)c1ccc(NCCN(C(C)C)C(C)C)c(N)c1. The minimum atomic E-state index is -0.126. The quantitative estimate of drug-likeness (QED) is 0.674. The van der Waals surface area contributed by atoms with E-state index < -0.39 is 0 Å². The van der Waals surface area contributed by atoms with Gasteiger partial charge in [0.1, 0.15) is 0 Å². The number of hydrogen-bond acceptors (Lipinski definition) is 4. The Balaban J connectivity index is 2.62. The molecule has 5 heteroatoms. The van der Waals surface area contributed by atoms with Gasteiger partial charge < -0.3 is 16.4 Å². The molecule has 1 aromatic carbocycles. The van der Waals surface area contributed by atoms with Crippen molar-refractivity contribution in [3.8, 4) is 0 Å². The predicted molar refractivity (Wildman–Crippen MR) is 89.7 cm³/mol. The summed E-state index contributed by atoms with van der Waals surface area (Å²) in [4.78, 5) is 14.0. The van der Waals surface area contributed by atoms with Crippen molar-refractivity contribution < 1.29 is 4.79 Å². The van der Waals surface area contributed by atoms with Crippen molar-refractivity contribution in [3.05, 3.63) is 23.8 Å². The zero-order chi connectivity index (χ0) is 16.0. The highest BCUT2D eigenvalue weighted by atomic mass is 16.1. The Hall–Kier alpha value is -1.75. The van der Waals surface area contributed by atoms with Gasteiger partial charge >= 0.3 is 0 Å². The number of hydrogen-bond donors (Lipinski definition) is 3. The van der Waals surface area contributed by atoms with Gasteiger partial charge in [-0.1, -0.05) is 0 Å². The summed E-state index contributed by atoms with van der Waals surface area (Å²) in [5.74, 6) is -0.126. The maximum absolute atomic E-state index is 11.5. The van der Waals surface area contributed by atoms with Crippen LogP contribution in [0.4, 0.5) is 11.4 Å². The van der Waals surface area contributed by atoms with E-state index in [0.717, 1.165) is 18.8 Å². The number of benzene rings is 1. The molecule has 0 saturated carbocycles. The fraction of sp³-hybridized carbons (Fsp3) is 0.562. The summed E-state index contributed by atoms with van der Waals surface area (Å²) >= 11 is 0. The molecule has 5 nitrogen and oxygen atoms in total. The summed E-state index contributed by atoms with van der Waals surface area (Å²) in [6, 6.07) is 6.36. The number of carbonyl (C=O) groups excluding carboxylic acids is 1. The van der Waals surface area contributed by atoms with Crippen LogP contribution in [0.25, 0.3) is 0 Å². The Morgan fingerprint density at radius 3 is 2.33 bits per heavy atom. The second-order valence-corrected chi connectivity index (χ2v) is 5.73. The van der Waals surface area contributed by atoms with Crippen molar-refractivity contribution in [2.75, 3.05) is 31.2 Å². The molecule has 118 valence electrons. The molecule has 4 N–H and O–H groups in total. The van der Waals surface area contributed by atoms with Crippen LogP contribution in [-0.2, 0) is 0 Å². The van der Waals surface area contributed by atoms with E-state index in [1.54, 1.807) is 19.2 Å². The van der Waals surface area contributed by atoms with Crippen molar-refractivity contribution >= 4 is 17.3 Å². The number of rotatable bonds is 7. The Bertz CT molecular complexity index is 463. The average molecular weight is 292 g/mol. The van der Waals surface area contributed by atoms with Gasteiger partial charge in [-0.2, -0.15) is 0 Å². The van der Waals surface area contributed by atoms with Crippen molar-refractivity contribution in [1.82, 2.24) is 10.2 Å². The number of nitrogens with one attached hydrogen (secondary N) is 2. The number of anilines is 2. The first kappa shape index (κ1) is 17.3. The molecule has 0 aliphatic heterocycles. The monoisotopic (exact) mass is 292 g/mol. The molecular formula is C16H28N4O. The lowest BCUT2D eigenvalue weighted by Crippen LogP contribution is -2.40. The summed E-state index contributed by atoms with van der Waals surface area (Å²) in [5.41, 5.74) is 8.03. The van der Waals surface area contributed by atoms with E-state index in [-0.39, 0.29) is 5.91 Å². The summed E-state index contributed by atoms with van der Waals surface area (Å²) < 4.78 is 0. The van der Waals surface area contributed by atoms with E-state index in [4.69, 9.17) is 5.73 Å². The molecule has 21 heavy (non-hydrogen) atoms. The molecule has 0 aromatic heterocycles. The molecular weight excluding hydrogens is 264 g/mol. The van der Waals surface area contributed by atoms with Gasteiger partial charge in [0.05, 0.1) is 11.4 Å². The lowest BCUT2D eigenvalue weighted by Gasteiger charge is -2.30. The summed E-state index contributed by atoms with van der Waals surface area (Å²) in [5, 5.41) is 5.93. The highest BCUT2D eigenvalue weighted by molar-refractivity contribution is 5.95. The molecule has 1 amide bonds. The van der Waals surface area contributed by atoms with Crippen molar-refractivity contribution in [2.45, 2.75) is 39.8 Å². The first-order chi connectivity index (χ1) is 9.86. The number of carbonyl (C=O) groups is 1. The van der Waals surface area contributed by atoms with Crippen LogP contribution in [0.1, 0.15) is 38.1 Å². The molecule has 0 fully saturated rings. The van der Waals surface area contributed by atoms with Gasteiger partial charge in [-0.25, -0.2) is 0 Å². The van der Waals surface area contributed by atoms with E-state index in [2.05, 4.69) is 43.2 Å². The molecule has 0 atom stereocenters. The Labute approximate surface area is 127 Å². The molecule has 0 aliphatic rings. The highest BCUT2D eigenvalue weighted by Crippen LogP contribution is 2.19. The van der Waals surface area contributed by atoms with Gasteiger partial charge in [-0.3, -0.25) is 9.69 Å². The maximum atomic E-state index is 11.5. The molecule has 0 heterocycles. The van der Waals surface area contributed by atoms with Crippen LogP contribution >= 0.6 is 0 Å². The van der Waals surface area contributed by atoms with Crippen LogP contribution in [0.5, 0.6) is 0 Å². The van der Waals surface area contributed by atoms with Crippen LogP contribution in [0.3, 0.4) is 0 Å². The van der Waals surface area contributed by atoms with Gasteiger partial charge in [-0.15, -0.1) is 0 Å². The third-order valence-electron chi connectivity index (χ3n) is 3.55. The first-order valence-corrected chi connectivity index (χ1v) is 7.48. The van der Waals surface area contributed by atoms with Gasteiger partial charge in [0.2, 0.25) is 0 Å². The zero-order valence-corrected chi connectivity index (χ0v) is 13.7. The first-order valence-electron chi connectivity index (χ1n) is 7.48. The van der Waals surface area contributed by atoms with Crippen molar-refractivity contribution in [2.24, 2.45) is 0 Å². The second-order valence-electron chi connectivity index (χ2n) is 5.73. The van der Waals surface area contributed by atoms with E-state index >= 15 is 0 Å². The largest absolute Gasteiger partial charge is 0.397 e. The minimum absolute atomic E-state index is 0.126. The maximum Gasteiger partial charge on any atom is 0.251 e. The van der Waals surface area contributed by atoms with Crippen LogP contribution in [0.2, 0.25) is 0 Å². The standard InChI is InChI=1S/C16H28N4O/c1-11(2)20(12(3)4)9-8-19-15-7-6-13(10-14(15)17)16(21)18-5/h6-7,10-12,19H,8-9,17H2,1-5H3,(H,18,21). The van der Waals surface area contributed by atoms with Crippen molar-refractivity contribution in [1.29, 1.82) is 0 Å². The van der Waals surface area contributed by atoms with Gasteiger partial charge in [0.15, 0.2) is 0 Å². The number of amides is 1. The van der Waals surface area contributed by atoms with Gasteiger partial charge in [0.25, 0.3) is 5.91 Å². The Morgan fingerprint density at radius 2 is 1.86 bits per heavy atom. The molecule has 0 unspecified atom stereocenters. The minimum Gasteiger partial charge on any atom is -0.397 e. The third-order valence-corrected chi connectivity index (χ3v) is 3.55. The second kappa shape index (κ2) is 7.88. The van der Waals surface area contributed by atoms with Crippen LogP contribution in [0, 0.1) is 0 Å². The highest BCUT2D eigenvalue weighted by Gasteiger charge is 2.13. The number of nitrogens with zero attached hydrogens (tertiary/aromatic N) is 1. The molecule has 0 radical (unpaired) electrons. The summed E-state index contributed by atoms with van der Waals surface area (Å²) in [7, 11) is 1.61. The van der Waals surface area contributed by atoms with E-state index in [1.807, 2.05) is 6.07 Å². The van der Waals surface area contributed by atoms with Gasteiger partial charge in [0, 0.05) is 37.8 Å². The Kier molecular flexibility index (Phi) is 6.49. The third kappa shape index (κ3) is 4.93. The van der Waals surface area contributed by atoms with E-state index in [9.17, 15) is 4.79 Å². The van der Waals surface area contributed by atoms with E-state index in [1.165, 1.54) is 0 Å². The molecule has 0 spiro atoms. The molecule has 1 rings (SSSR count). The molecule has 0 aliphatic carbocycles. The smallest absolute Gasteiger partial charge is 0.251 e. The fourth-order valence-electron chi connectivity index (χ4n) is 2.44. The van der Waals surface area contributed by atoms with Gasteiger partial charge in [-0.05, 0) is 45.9 Å².